The van der Waals surface area contributed by atoms with Gasteiger partial charge in [0.15, 0.2) is 6.23 Å². The third-order valence-electron chi connectivity index (χ3n) is 3.14. The molecule has 2 rings (SSSR count). The first kappa shape index (κ1) is 13.2. The van der Waals surface area contributed by atoms with Crippen LogP contribution in [0.2, 0.25) is 0 Å². The Bertz CT molecular complexity index is 347. The standard InChI is InChI=1S/C14H22N2O2/c1-2-3-14(16-8-10-17-11-9-16)18-13-6-4-12(15)5-7-13/h4-7,14H,2-3,8-11,15H2,1H3. The summed E-state index contributed by atoms with van der Waals surface area (Å²) in [7, 11) is 0. The van der Waals surface area contributed by atoms with Gasteiger partial charge in [-0.05, 0) is 30.7 Å². The van der Waals surface area contributed by atoms with Crippen LogP contribution in [0.1, 0.15) is 19.8 Å². The second kappa shape index (κ2) is 6.61. The zero-order chi connectivity index (χ0) is 12.8. The topological polar surface area (TPSA) is 47.7 Å². The summed E-state index contributed by atoms with van der Waals surface area (Å²) in [6.45, 7) is 5.66. The van der Waals surface area contributed by atoms with Gasteiger partial charge in [0.1, 0.15) is 5.75 Å². The van der Waals surface area contributed by atoms with Crippen molar-refractivity contribution in [3.05, 3.63) is 24.3 Å². The molecule has 1 aliphatic rings. The predicted octanol–water partition coefficient (Wildman–Crippen LogP) is 2.11. The lowest BCUT2D eigenvalue weighted by Gasteiger charge is -2.34. The molecule has 2 N–H and O–H groups in total. The van der Waals surface area contributed by atoms with E-state index in [1.54, 1.807) is 0 Å². The number of hydrogen-bond donors (Lipinski definition) is 1. The third-order valence-corrected chi connectivity index (χ3v) is 3.14. The fraction of sp³-hybridized carbons (Fsp3) is 0.571. The molecular weight excluding hydrogens is 228 g/mol. The number of benzene rings is 1. The summed E-state index contributed by atoms with van der Waals surface area (Å²) < 4.78 is 11.4. The molecule has 0 aliphatic carbocycles. The highest BCUT2D eigenvalue weighted by Gasteiger charge is 2.21. The number of ether oxygens (including phenoxy) is 2. The van der Waals surface area contributed by atoms with Crippen molar-refractivity contribution in [1.82, 2.24) is 4.90 Å². The van der Waals surface area contributed by atoms with Gasteiger partial charge in [-0.1, -0.05) is 13.3 Å². The van der Waals surface area contributed by atoms with Gasteiger partial charge in [-0.2, -0.15) is 0 Å². The van der Waals surface area contributed by atoms with Crippen LogP contribution in [0.25, 0.3) is 0 Å². The van der Waals surface area contributed by atoms with Crippen LogP contribution in [0.15, 0.2) is 24.3 Å². The minimum absolute atomic E-state index is 0.141. The molecule has 0 radical (unpaired) electrons. The van der Waals surface area contributed by atoms with Crippen molar-refractivity contribution in [2.75, 3.05) is 32.0 Å². The normalized spacial score (nSPS) is 18.5. The first-order valence-electron chi connectivity index (χ1n) is 6.63. The van der Waals surface area contributed by atoms with Crippen molar-refractivity contribution in [3.8, 4) is 5.75 Å². The van der Waals surface area contributed by atoms with E-state index < -0.39 is 0 Å². The molecule has 1 atom stereocenters. The van der Waals surface area contributed by atoms with Crippen LogP contribution < -0.4 is 10.5 Å². The van der Waals surface area contributed by atoms with E-state index in [0.29, 0.717) is 0 Å². The molecule has 18 heavy (non-hydrogen) atoms. The highest BCUT2D eigenvalue weighted by atomic mass is 16.5. The van der Waals surface area contributed by atoms with E-state index in [4.69, 9.17) is 15.2 Å². The van der Waals surface area contributed by atoms with Crippen molar-refractivity contribution < 1.29 is 9.47 Å². The van der Waals surface area contributed by atoms with Gasteiger partial charge in [-0.25, -0.2) is 0 Å². The fourth-order valence-electron chi connectivity index (χ4n) is 2.13. The molecule has 1 aliphatic heterocycles. The minimum Gasteiger partial charge on any atom is -0.475 e. The quantitative estimate of drug-likeness (QED) is 0.813. The molecule has 0 bridgehead atoms. The van der Waals surface area contributed by atoms with Crippen LogP contribution in [-0.4, -0.2) is 37.4 Å². The van der Waals surface area contributed by atoms with Crippen LogP contribution in [0.4, 0.5) is 5.69 Å². The van der Waals surface area contributed by atoms with Gasteiger partial charge in [0.25, 0.3) is 0 Å². The molecule has 1 aromatic rings. The summed E-state index contributed by atoms with van der Waals surface area (Å²) >= 11 is 0. The Hall–Kier alpha value is -1.26. The zero-order valence-electron chi connectivity index (χ0n) is 11.0. The maximum absolute atomic E-state index is 6.06. The molecule has 0 saturated carbocycles. The second-order valence-electron chi connectivity index (χ2n) is 4.58. The lowest BCUT2D eigenvalue weighted by Crippen LogP contribution is -2.46. The smallest absolute Gasteiger partial charge is 0.152 e. The van der Waals surface area contributed by atoms with E-state index in [-0.39, 0.29) is 6.23 Å². The summed E-state index contributed by atoms with van der Waals surface area (Å²) in [6.07, 6.45) is 2.28. The van der Waals surface area contributed by atoms with Gasteiger partial charge in [0.05, 0.1) is 13.2 Å². The Morgan fingerprint density at radius 3 is 2.56 bits per heavy atom. The highest BCUT2D eigenvalue weighted by molar-refractivity contribution is 5.41. The largest absolute Gasteiger partial charge is 0.475 e. The summed E-state index contributed by atoms with van der Waals surface area (Å²) in [4.78, 5) is 2.35. The average molecular weight is 250 g/mol. The molecule has 100 valence electrons. The molecule has 0 amide bonds. The summed E-state index contributed by atoms with van der Waals surface area (Å²) in [6, 6.07) is 7.60. The molecule has 1 aromatic carbocycles. The van der Waals surface area contributed by atoms with Gasteiger partial charge >= 0.3 is 0 Å². The first-order chi connectivity index (χ1) is 8.79. The Morgan fingerprint density at radius 2 is 1.94 bits per heavy atom. The molecule has 1 heterocycles. The molecule has 4 nitrogen and oxygen atoms in total. The van der Waals surface area contributed by atoms with Crippen molar-refractivity contribution in [2.45, 2.75) is 26.0 Å². The van der Waals surface area contributed by atoms with Crippen LogP contribution >= 0.6 is 0 Å². The molecule has 1 fully saturated rings. The van der Waals surface area contributed by atoms with Gasteiger partial charge in [-0.15, -0.1) is 0 Å². The molecular formula is C14H22N2O2. The van der Waals surface area contributed by atoms with E-state index in [9.17, 15) is 0 Å². The Morgan fingerprint density at radius 1 is 1.28 bits per heavy atom. The molecule has 1 saturated heterocycles. The number of morpholine rings is 1. The van der Waals surface area contributed by atoms with Crippen LogP contribution in [-0.2, 0) is 4.74 Å². The SMILES string of the molecule is CCCC(Oc1ccc(N)cc1)N1CCOCC1. The molecule has 4 heteroatoms. The van der Waals surface area contributed by atoms with Crippen molar-refractivity contribution in [3.63, 3.8) is 0 Å². The van der Waals surface area contributed by atoms with Crippen LogP contribution in [0, 0.1) is 0 Å². The number of anilines is 1. The number of nitrogens with zero attached hydrogens (tertiary/aromatic N) is 1. The first-order valence-corrected chi connectivity index (χ1v) is 6.63. The monoisotopic (exact) mass is 250 g/mol. The molecule has 0 aromatic heterocycles. The third kappa shape index (κ3) is 3.62. The lowest BCUT2D eigenvalue weighted by atomic mass is 10.2. The van der Waals surface area contributed by atoms with E-state index in [2.05, 4.69) is 11.8 Å². The van der Waals surface area contributed by atoms with Crippen molar-refractivity contribution in [2.24, 2.45) is 0 Å². The van der Waals surface area contributed by atoms with Crippen molar-refractivity contribution >= 4 is 5.69 Å². The molecule has 0 spiro atoms. The van der Waals surface area contributed by atoms with E-state index in [0.717, 1.165) is 50.6 Å². The Kier molecular flexibility index (Phi) is 4.84. The van der Waals surface area contributed by atoms with Gasteiger partial charge in [0, 0.05) is 18.8 Å². The van der Waals surface area contributed by atoms with E-state index >= 15 is 0 Å². The van der Waals surface area contributed by atoms with Crippen molar-refractivity contribution in [1.29, 1.82) is 0 Å². The number of nitrogen functional groups attached to an aromatic ring is 1. The van der Waals surface area contributed by atoms with Crippen LogP contribution in [0.3, 0.4) is 0 Å². The number of nitrogens with two attached hydrogens (primary N) is 1. The number of hydrogen-bond acceptors (Lipinski definition) is 4. The number of rotatable bonds is 5. The van der Waals surface area contributed by atoms with Crippen LogP contribution in [0.5, 0.6) is 5.75 Å². The zero-order valence-corrected chi connectivity index (χ0v) is 11.0. The maximum atomic E-state index is 6.06. The summed E-state index contributed by atoms with van der Waals surface area (Å²) in [5.41, 5.74) is 6.44. The Balaban J connectivity index is 1.98. The summed E-state index contributed by atoms with van der Waals surface area (Å²) in [5.74, 6) is 0.883. The maximum Gasteiger partial charge on any atom is 0.152 e. The fourth-order valence-corrected chi connectivity index (χ4v) is 2.13. The van der Waals surface area contributed by atoms with Gasteiger partial charge in [-0.3, -0.25) is 4.90 Å². The molecule has 1 unspecified atom stereocenters. The highest BCUT2D eigenvalue weighted by Crippen LogP contribution is 2.19. The minimum atomic E-state index is 0.141. The second-order valence-corrected chi connectivity index (χ2v) is 4.58. The predicted molar refractivity (Wildman–Crippen MR) is 72.6 cm³/mol. The van der Waals surface area contributed by atoms with E-state index in [1.165, 1.54) is 0 Å². The lowest BCUT2D eigenvalue weighted by molar-refractivity contribution is -0.0490. The van der Waals surface area contributed by atoms with E-state index in [1.807, 2.05) is 24.3 Å². The van der Waals surface area contributed by atoms with Gasteiger partial charge < -0.3 is 15.2 Å². The summed E-state index contributed by atoms with van der Waals surface area (Å²) in [5, 5.41) is 0. The Labute approximate surface area is 109 Å². The average Bonchev–Trinajstić information content (AvgIpc) is 2.42. The van der Waals surface area contributed by atoms with Gasteiger partial charge in [0.2, 0.25) is 0 Å².